The first-order valence-corrected chi connectivity index (χ1v) is 10.0. The molecule has 1 saturated heterocycles. The highest BCUT2D eigenvalue weighted by atomic mass is 16.4. The Hall–Kier alpha value is -4.07. The molecule has 0 aliphatic carbocycles. The molecular formula is C23H19N5O3. The van der Waals surface area contributed by atoms with E-state index in [1.54, 1.807) is 35.5 Å². The van der Waals surface area contributed by atoms with Gasteiger partial charge in [-0.1, -0.05) is 18.2 Å². The molecule has 8 heteroatoms. The minimum atomic E-state index is -0.608. The topological polar surface area (TPSA) is 92.4 Å². The molecule has 1 fully saturated rings. The van der Waals surface area contributed by atoms with Crippen molar-refractivity contribution >= 4 is 22.7 Å². The van der Waals surface area contributed by atoms with E-state index in [4.69, 9.17) is 4.42 Å². The number of pyridine rings is 1. The second-order valence-corrected chi connectivity index (χ2v) is 7.28. The molecule has 0 saturated carbocycles. The molecule has 0 spiro atoms. The van der Waals surface area contributed by atoms with Crippen LogP contribution in [0.4, 0.5) is 5.82 Å². The van der Waals surface area contributed by atoms with Gasteiger partial charge in [0, 0.05) is 49.5 Å². The molecular weight excluding hydrogens is 394 g/mol. The molecule has 0 bridgehead atoms. The Labute approximate surface area is 177 Å². The molecule has 1 amide bonds. The summed E-state index contributed by atoms with van der Waals surface area (Å²) < 4.78 is 5.31. The predicted molar refractivity (Wildman–Crippen MR) is 116 cm³/mol. The van der Waals surface area contributed by atoms with Gasteiger partial charge >= 0.3 is 5.63 Å². The average Bonchev–Trinajstić information content (AvgIpc) is 2.84. The number of fused-ring (bicyclic) bond motifs is 1. The van der Waals surface area contributed by atoms with Crippen molar-refractivity contribution in [3.05, 3.63) is 83.0 Å². The van der Waals surface area contributed by atoms with Gasteiger partial charge in [-0.15, -0.1) is 10.2 Å². The molecule has 154 valence electrons. The maximum atomic E-state index is 12.9. The number of para-hydroxylation sites is 1. The summed E-state index contributed by atoms with van der Waals surface area (Å²) in [5.41, 5.74) is 1.67. The molecule has 4 aromatic rings. The lowest BCUT2D eigenvalue weighted by atomic mass is 10.1. The van der Waals surface area contributed by atoms with Crippen molar-refractivity contribution in [2.45, 2.75) is 0 Å². The zero-order valence-corrected chi connectivity index (χ0v) is 16.6. The Morgan fingerprint density at radius 3 is 2.42 bits per heavy atom. The lowest BCUT2D eigenvalue weighted by Gasteiger charge is -2.35. The van der Waals surface area contributed by atoms with Crippen LogP contribution < -0.4 is 10.5 Å². The quantitative estimate of drug-likeness (QED) is 0.477. The fourth-order valence-corrected chi connectivity index (χ4v) is 3.69. The number of rotatable bonds is 3. The summed E-state index contributed by atoms with van der Waals surface area (Å²) in [6.07, 6.45) is 3.44. The van der Waals surface area contributed by atoms with Gasteiger partial charge in [0.25, 0.3) is 5.91 Å². The van der Waals surface area contributed by atoms with Crippen LogP contribution >= 0.6 is 0 Å². The summed E-state index contributed by atoms with van der Waals surface area (Å²) in [5, 5.41) is 9.39. The normalized spacial score (nSPS) is 14.1. The van der Waals surface area contributed by atoms with Crippen molar-refractivity contribution < 1.29 is 9.21 Å². The van der Waals surface area contributed by atoms with Gasteiger partial charge < -0.3 is 14.2 Å². The molecule has 1 aliphatic rings. The second-order valence-electron chi connectivity index (χ2n) is 7.28. The number of nitrogens with zero attached hydrogens (tertiary/aromatic N) is 5. The van der Waals surface area contributed by atoms with Crippen molar-refractivity contribution in [3.63, 3.8) is 0 Å². The maximum Gasteiger partial charge on any atom is 0.349 e. The van der Waals surface area contributed by atoms with Crippen LogP contribution in [0.2, 0.25) is 0 Å². The van der Waals surface area contributed by atoms with Crippen molar-refractivity contribution in [3.8, 4) is 11.3 Å². The Kier molecular flexibility index (Phi) is 4.87. The Balaban J connectivity index is 1.28. The van der Waals surface area contributed by atoms with E-state index in [1.165, 1.54) is 0 Å². The monoisotopic (exact) mass is 413 g/mol. The highest BCUT2D eigenvalue weighted by molar-refractivity contribution is 5.96. The first-order chi connectivity index (χ1) is 15.2. The molecule has 1 aliphatic heterocycles. The first-order valence-electron chi connectivity index (χ1n) is 10.0. The molecule has 0 N–H and O–H groups in total. The van der Waals surface area contributed by atoms with Gasteiger partial charge in [0.05, 0.1) is 5.69 Å². The van der Waals surface area contributed by atoms with E-state index in [0.717, 1.165) is 22.5 Å². The van der Waals surface area contributed by atoms with Crippen molar-refractivity contribution in [1.29, 1.82) is 0 Å². The zero-order valence-electron chi connectivity index (χ0n) is 16.6. The zero-order chi connectivity index (χ0) is 21.2. The summed E-state index contributed by atoms with van der Waals surface area (Å²) in [6, 6.07) is 16.4. The third-order valence-corrected chi connectivity index (χ3v) is 5.39. The number of carbonyl (C=O) groups is 1. The SMILES string of the molecule is O=C(c1cc2ccccc2oc1=O)N1CCN(c2ccc(-c3ccncc3)nn2)CC1. The molecule has 5 rings (SSSR count). The Morgan fingerprint density at radius 2 is 1.68 bits per heavy atom. The molecule has 0 radical (unpaired) electrons. The fraction of sp³-hybridized carbons (Fsp3) is 0.174. The van der Waals surface area contributed by atoms with E-state index in [9.17, 15) is 9.59 Å². The molecule has 1 aromatic carbocycles. The molecule has 3 aromatic heterocycles. The van der Waals surface area contributed by atoms with Crippen LogP contribution in [0.1, 0.15) is 10.4 Å². The largest absolute Gasteiger partial charge is 0.422 e. The average molecular weight is 413 g/mol. The predicted octanol–water partition coefficient (Wildman–Crippen LogP) is 2.61. The van der Waals surface area contributed by atoms with Crippen LogP contribution in [0.25, 0.3) is 22.2 Å². The number of anilines is 1. The lowest BCUT2D eigenvalue weighted by Crippen LogP contribution is -2.49. The number of piperazine rings is 1. The number of aromatic nitrogens is 3. The third-order valence-electron chi connectivity index (χ3n) is 5.39. The summed E-state index contributed by atoms with van der Waals surface area (Å²) >= 11 is 0. The number of hydrogen-bond acceptors (Lipinski definition) is 7. The van der Waals surface area contributed by atoms with E-state index in [2.05, 4.69) is 20.1 Å². The van der Waals surface area contributed by atoms with Gasteiger partial charge in [0.1, 0.15) is 11.1 Å². The maximum absolute atomic E-state index is 12.9. The number of hydrogen-bond donors (Lipinski definition) is 0. The van der Waals surface area contributed by atoms with Crippen LogP contribution in [0, 0.1) is 0 Å². The minimum Gasteiger partial charge on any atom is -0.422 e. The molecule has 31 heavy (non-hydrogen) atoms. The van der Waals surface area contributed by atoms with Crippen molar-refractivity contribution in [2.75, 3.05) is 31.1 Å². The van der Waals surface area contributed by atoms with E-state index in [-0.39, 0.29) is 11.5 Å². The van der Waals surface area contributed by atoms with Crippen LogP contribution in [0.3, 0.4) is 0 Å². The van der Waals surface area contributed by atoms with E-state index in [0.29, 0.717) is 31.8 Å². The molecule has 0 unspecified atom stereocenters. The molecule has 0 atom stereocenters. The van der Waals surface area contributed by atoms with Gasteiger partial charge in [0.2, 0.25) is 0 Å². The van der Waals surface area contributed by atoms with Crippen LogP contribution in [0.15, 0.2) is 76.2 Å². The smallest absolute Gasteiger partial charge is 0.349 e. The van der Waals surface area contributed by atoms with E-state index >= 15 is 0 Å². The van der Waals surface area contributed by atoms with Crippen LogP contribution in [0.5, 0.6) is 0 Å². The van der Waals surface area contributed by atoms with Crippen molar-refractivity contribution in [1.82, 2.24) is 20.1 Å². The van der Waals surface area contributed by atoms with Gasteiger partial charge in [-0.3, -0.25) is 9.78 Å². The summed E-state index contributed by atoms with van der Waals surface area (Å²) in [4.78, 5) is 33.0. The van der Waals surface area contributed by atoms with Gasteiger partial charge in [-0.05, 0) is 36.4 Å². The van der Waals surface area contributed by atoms with Gasteiger partial charge in [0.15, 0.2) is 5.82 Å². The van der Waals surface area contributed by atoms with Gasteiger partial charge in [-0.2, -0.15) is 0 Å². The number of carbonyl (C=O) groups excluding carboxylic acids is 1. The van der Waals surface area contributed by atoms with Crippen molar-refractivity contribution in [2.24, 2.45) is 0 Å². The summed E-state index contributed by atoms with van der Waals surface area (Å²) in [7, 11) is 0. The summed E-state index contributed by atoms with van der Waals surface area (Å²) in [5.74, 6) is 0.452. The lowest BCUT2D eigenvalue weighted by molar-refractivity contribution is 0.0742. The van der Waals surface area contributed by atoms with Crippen LogP contribution in [-0.4, -0.2) is 52.2 Å². The van der Waals surface area contributed by atoms with E-state index in [1.807, 2.05) is 36.4 Å². The Morgan fingerprint density at radius 1 is 0.903 bits per heavy atom. The number of amides is 1. The standard InChI is InChI=1S/C23H19N5O3/c29-22(18-15-17-3-1-2-4-20(17)31-23(18)30)28-13-11-27(12-14-28)21-6-5-19(25-26-21)16-7-9-24-10-8-16/h1-10,15H,11-14H2. The fourth-order valence-electron chi connectivity index (χ4n) is 3.69. The van der Waals surface area contributed by atoms with Gasteiger partial charge in [-0.25, -0.2) is 4.79 Å². The summed E-state index contributed by atoms with van der Waals surface area (Å²) in [6.45, 7) is 2.18. The first kappa shape index (κ1) is 18.9. The molecule has 8 nitrogen and oxygen atoms in total. The van der Waals surface area contributed by atoms with E-state index < -0.39 is 5.63 Å². The third kappa shape index (κ3) is 3.75. The minimum absolute atomic E-state index is 0.0636. The highest BCUT2D eigenvalue weighted by Crippen LogP contribution is 2.19. The highest BCUT2D eigenvalue weighted by Gasteiger charge is 2.25. The van der Waals surface area contributed by atoms with Crippen LogP contribution in [-0.2, 0) is 0 Å². The number of benzene rings is 1. The Bertz CT molecular complexity index is 1280. The molecule has 4 heterocycles. The second kappa shape index (κ2) is 7.98.